The molecule has 0 aromatic heterocycles. The van der Waals surface area contributed by atoms with Gasteiger partial charge in [0, 0.05) is 32.1 Å². The van der Waals surface area contributed by atoms with E-state index in [4.69, 9.17) is 9.47 Å². The van der Waals surface area contributed by atoms with E-state index in [-0.39, 0.29) is 5.60 Å². The third-order valence-electron chi connectivity index (χ3n) is 5.47. The Labute approximate surface area is 127 Å². The van der Waals surface area contributed by atoms with Crippen molar-refractivity contribution in [3.05, 3.63) is 29.3 Å². The maximum absolute atomic E-state index is 6.21. The van der Waals surface area contributed by atoms with Crippen molar-refractivity contribution in [3.8, 4) is 0 Å². The fourth-order valence-electron chi connectivity index (χ4n) is 4.31. The van der Waals surface area contributed by atoms with E-state index in [0.29, 0.717) is 5.92 Å². The normalized spacial score (nSPS) is 27.9. The Morgan fingerprint density at radius 2 is 2.05 bits per heavy atom. The van der Waals surface area contributed by atoms with Crippen LogP contribution in [0.2, 0.25) is 0 Å². The minimum Gasteiger partial charge on any atom is -0.385 e. The number of fused-ring (bicyclic) bond motifs is 1. The van der Waals surface area contributed by atoms with Gasteiger partial charge in [-0.3, -0.25) is 0 Å². The van der Waals surface area contributed by atoms with Gasteiger partial charge in [-0.15, -0.1) is 0 Å². The van der Waals surface area contributed by atoms with Crippen LogP contribution >= 0.6 is 0 Å². The Hall–Kier alpha value is -1.06. The van der Waals surface area contributed by atoms with E-state index in [1.807, 2.05) is 0 Å². The highest BCUT2D eigenvalue weighted by Gasteiger charge is 2.40. The topological polar surface area (TPSA) is 30.5 Å². The smallest absolute Gasteiger partial charge is 0.0732 e. The van der Waals surface area contributed by atoms with Crippen molar-refractivity contribution < 1.29 is 9.47 Å². The largest absolute Gasteiger partial charge is 0.385 e. The van der Waals surface area contributed by atoms with Crippen molar-refractivity contribution in [1.82, 2.24) is 0 Å². The molecule has 0 bridgehead atoms. The molecule has 1 atom stereocenters. The molecule has 3 aliphatic heterocycles. The van der Waals surface area contributed by atoms with Gasteiger partial charge in [0.15, 0.2) is 0 Å². The van der Waals surface area contributed by atoms with Crippen LogP contribution < -0.4 is 5.32 Å². The maximum Gasteiger partial charge on any atom is 0.0732 e. The number of hydrogen-bond donors (Lipinski definition) is 1. The molecule has 0 amide bonds. The lowest BCUT2D eigenvalue weighted by atomic mass is 9.76. The number of rotatable bonds is 1. The van der Waals surface area contributed by atoms with Crippen LogP contribution in [0.4, 0.5) is 5.69 Å². The minimum atomic E-state index is 0.0893. The molecule has 3 heteroatoms. The molecule has 21 heavy (non-hydrogen) atoms. The molecule has 2 fully saturated rings. The number of nitrogens with one attached hydrogen (secondary N) is 1. The van der Waals surface area contributed by atoms with Gasteiger partial charge in [-0.05, 0) is 61.6 Å². The number of hydrogen-bond acceptors (Lipinski definition) is 3. The molecular weight excluding hydrogens is 262 g/mol. The second-order valence-electron chi connectivity index (χ2n) is 6.74. The van der Waals surface area contributed by atoms with Gasteiger partial charge in [0.2, 0.25) is 0 Å². The number of ether oxygens (including phenoxy) is 2. The lowest BCUT2D eigenvalue weighted by molar-refractivity contribution is -0.138. The van der Waals surface area contributed by atoms with E-state index in [1.165, 1.54) is 31.4 Å². The summed E-state index contributed by atoms with van der Waals surface area (Å²) in [6.45, 7) is 3.75. The van der Waals surface area contributed by atoms with Crippen LogP contribution in [0.25, 0.3) is 0 Å². The first kappa shape index (κ1) is 13.6. The van der Waals surface area contributed by atoms with E-state index in [1.54, 1.807) is 11.1 Å². The first-order valence-corrected chi connectivity index (χ1v) is 8.44. The molecule has 0 aliphatic carbocycles. The molecule has 3 heterocycles. The summed E-state index contributed by atoms with van der Waals surface area (Å²) in [7, 11) is 0. The predicted molar refractivity (Wildman–Crippen MR) is 84.0 cm³/mol. The molecule has 4 rings (SSSR count). The average Bonchev–Trinajstić information content (AvgIpc) is 2.55. The van der Waals surface area contributed by atoms with Crippen molar-refractivity contribution in [2.24, 2.45) is 0 Å². The molecule has 3 aliphatic rings. The zero-order valence-electron chi connectivity index (χ0n) is 12.7. The zero-order chi connectivity index (χ0) is 14.1. The molecule has 1 unspecified atom stereocenters. The fourth-order valence-corrected chi connectivity index (χ4v) is 4.31. The van der Waals surface area contributed by atoms with Gasteiger partial charge in [-0.2, -0.15) is 0 Å². The van der Waals surface area contributed by atoms with Gasteiger partial charge >= 0.3 is 0 Å². The first-order valence-electron chi connectivity index (χ1n) is 8.44. The van der Waals surface area contributed by atoms with E-state index in [9.17, 15) is 0 Å². The molecule has 2 saturated heterocycles. The van der Waals surface area contributed by atoms with Gasteiger partial charge < -0.3 is 14.8 Å². The molecule has 3 nitrogen and oxygen atoms in total. The van der Waals surface area contributed by atoms with Crippen molar-refractivity contribution in [1.29, 1.82) is 0 Å². The predicted octanol–water partition coefficient (Wildman–Crippen LogP) is 3.49. The van der Waals surface area contributed by atoms with Crippen LogP contribution in [0, 0.1) is 0 Å². The van der Waals surface area contributed by atoms with Crippen LogP contribution in [0.5, 0.6) is 0 Å². The SMILES string of the molecule is c1cc2c(c(C3CCOC4(CCOCC4)C3)c1)CCCN2. The Bertz CT molecular complexity index is 502. The van der Waals surface area contributed by atoms with Crippen LogP contribution in [0.1, 0.15) is 49.1 Å². The van der Waals surface area contributed by atoms with Gasteiger partial charge in [0.05, 0.1) is 5.60 Å². The minimum absolute atomic E-state index is 0.0893. The molecule has 1 aromatic rings. The van der Waals surface area contributed by atoms with Gasteiger partial charge in [0.25, 0.3) is 0 Å². The van der Waals surface area contributed by atoms with Crippen LogP contribution in [0.3, 0.4) is 0 Å². The first-order chi connectivity index (χ1) is 10.4. The second-order valence-corrected chi connectivity index (χ2v) is 6.74. The second kappa shape index (κ2) is 5.62. The number of benzene rings is 1. The Balaban J connectivity index is 1.61. The third-order valence-corrected chi connectivity index (χ3v) is 5.47. The van der Waals surface area contributed by atoms with Crippen LogP contribution in [-0.2, 0) is 15.9 Å². The lowest BCUT2D eigenvalue weighted by Crippen LogP contribution is -2.44. The monoisotopic (exact) mass is 287 g/mol. The highest BCUT2D eigenvalue weighted by Crippen LogP contribution is 2.43. The Morgan fingerprint density at radius 1 is 1.14 bits per heavy atom. The van der Waals surface area contributed by atoms with Crippen molar-refractivity contribution in [2.45, 2.75) is 50.0 Å². The summed E-state index contributed by atoms with van der Waals surface area (Å²) in [4.78, 5) is 0. The molecule has 0 saturated carbocycles. The Kier molecular flexibility index (Phi) is 3.64. The molecule has 0 radical (unpaired) electrons. The summed E-state index contributed by atoms with van der Waals surface area (Å²) in [6, 6.07) is 6.81. The summed E-state index contributed by atoms with van der Waals surface area (Å²) in [5.74, 6) is 0.659. The molecular formula is C18H25NO2. The van der Waals surface area contributed by atoms with Crippen molar-refractivity contribution >= 4 is 5.69 Å². The molecule has 114 valence electrons. The standard InChI is InChI=1S/C18H25NO2/c1-3-15(16-4-2-9-19-17(16)5-1)14-6-10-21-18(13-14)7-11-20-12-8-18/h1,3,5,14,19H,2,4,6-13H2. The average molecular weight is 287 g/mol. The van der Waals surface area contributed by atoms with Crippen LogP contribution in [-0.4, -0.2) is 32.0 Å². The summed E-state index contributed by atoms with van der Waals surface area (Å²) < 4.78 is 11.7. The highest BCUT2D eigenvalue weighted by atomic mass is 16.5. The molecule has 1 aromatic carbocycles. The summed E-state index contributed by atoms with van der Waals surface area (Å²) in [5, 5.41) is 3.56. The highest BCUT2D eigenvalue weighted by molar-refractivity contribution is 5.57. The van der Waals surface area contributed by atoms with E-state index in [2.05, 4.69) is 23.5 Å². The van der Waals surface area contributed by atoms with Gasteiger partial charge in [0.1, 0.15) is 0 Å². The van der Waals surface area contributed by atoms with E-state index in [0.717, 1.165) is 39.2 Å². The molecule has 1 N–H and O–H groups in total. The van der Waals surface area contributed by atoms with Crippen LogP contribution in [0.15, 0.2) is 18.2 Å². The lowest BCUT2D eigenvalue weighted by Gasteiger charge is -2.44. The summed E-state index contributed by atoms with van der Waals surface area (Å²) >= 11 is 0. The third kappa shape index (κ3) is 2.58. The molecule has 1 spiro atoms. The zero-order valence-corrected chi connectivity index (χ0v) is 12.7. The Morgan fingerprint density at radius 3 is 2.95 bits per heavy atom. The quantitative estimate of drug-likeness (QED) is 0.857. The van der Waals surface area contributed by atoms with Gasteiger partial charge in [-0.25, -0.2) is 0 Å². The van der Waals surface area contributed by atoms with E-state index >= 15 is 0 Å². The van der Waals surface area contributed by atoms with Crippen molar-refractivity contribution in [2.75, 3.05) is 31.7 Å². The van der Waals surface area contributed by atoms with Gasteiger partial charge in [-0.1, -0.05) is 12.1 Å². The maximum atomic E-state index is 6.21. The van der Waals surface area contributed by atoms with E-state index < -0.39 is 0 Å². The summed E-state index contributed by atoms with van der Waals surface area (Å²) in [5.41, 5.74) is 4.60. The fraction of sp³-hybridized carbons (Fsp3) is 0.667. The van der Waals surface area contributed by atoms with Crippen molar-refractivity contribution in [3.63, 3.8) is 0 Å². The summed E-state index contributed by atoms with van der Waals surface area (Å²) in [6.07, 6.45) is 6.96. The number of anilines is 1.